The zero-order valence-corrected chi connectivity index (χ0v) is 8.90. The molecule has 5 nitrogen and oxygen atoms in total. The third kappa shape index (κ3) is 1.38. The molecule has 0 bridgehead atoms. The summed E-state index contributed by atoms with van der Waals surface area (Å²) in [6, 6.07) is 1.73. The minimum atomic E-state index is 0.200. The number of fused-ring (bicyclic) bond motifs is 1. The highest BCUT2D eigenvalue weighted by atomic mass is 35.5. The quantitative estimate of drug-likeness (QED) is 0.607. The van der Waals surface area contributed by atoms with Crippen LogP contribution < -0.4 is 0 Å². The summed E-state index contributed by atoms with van der Waals surface area (Å²) in [5.74, 6) is 0.621. The molecule has 0 aliphatic heterocycles. The number of rotatable bonds is 1. The van der Waals surface area contributed by atoms with Crippen molar-refractivity contribution in [3.05, 3.63) is 29.3 Å². The summed E-state index contributed by atoms with van der Waals surface area (Å²) >= 11 is 7.24. The average molecular weight is 238 g/mol. The first kappa shape index (κ1) is 8.75. The molecule has 7 heteroatoms. The summed E-state index contributed by atoms with van der Waals surface area (Å²) in [6.45, 7) is 0. The third-order valence-electron chi connectivity index (χ3n) is 1.89. The van der Waals surface area contributed by atoms with E-state index >= 15 is 0 Å². The number of aromatic nitrogens is 5. The first-order valence-electron chi connectivity index (χ1n) is 4.11. The summed E-state index contributed by atoms with van der Waals surface area (Å²) in [7, 11) is 0. The van der Waals surface area contributed by atoms with Crippen LogP contribution in [0.25, 0.3) is 16.2 Å². The molecule has 0 unspecified atom stereocenters. The molecule has 0 aliphatic rings. The molecular weight excluding hydrogens is 234 g/mol. The highest BCUT2D eigenvalue weighted by Gasteiger charge is 2.08. The predicted octanol–water partition coefficient (Wildman–Crippen LogP) is 1.93. The second-order valence-electron chi connectivity index (χ2n) is 2.78. The highest BCUT2D eigenvalue weighted by Crippen LogP contribution is 2.19. The molecule has 0 aromatic carbocycles. The van der Waals surface area contributed by atoms with Crippen LogP contribution in [0.5, 0.6) is 0 Å². The molecule has 0 saturated heterocycles. The van der Waals surface area contributed by atoms with Gasteiger partial charge in [0.05, 0.1) is 16.4 Å². The van der Waals surface area contributed by atoms with Gasteiger partial charge in [-0.15, -0.1) is 11.3 Å². The van der Waals surface area contributed by atoms with Crippen molar-refractivity contribution in [2.24, 2.45) is 0 Å². The lowest BCUT2D eigenvalue weighted by molar-refractivity contribution is 0.856. The van der Waals surface area contributed by atoms with Crippen molar-refractivity contribution in [1.29, 1.82) is 0 Å². The largest absolute Gasteiger partial charge is 0.226 e. The van der Waals surface area contributed by atoms with Gasteiger partial charge >= 0.3 is 0 Å². The Morgan fingerprint density at radius 1 is 1.33 bits per heavy atom. The topological polar surface area (TPSA) is 56.5 Å². The van der Waals surface area contributed by atoms with Crippen molar-refractivity contribution < 1.29 is 0 Å². The van der Waals surface area contributed by atoms with Gasteiger partial charge in [-0.3, -0.25) is 0 Å². The number of halogens is 1. The van der Waals surface area contributed by atoms with Crippen LogP contribution in [-0.4, -0.2) is 24.7 Å². The highest BCUT2D eigenvalue weighted by molar-refractivity contribution is 7.16. The van der Waals surface area contributed by atoms with Crippen LogP contribution >= 0.6 is 22.9 Å². The van der Waals surface area contributed by atoms with E-state index in [1.165, 1.54) is 11.3 Å². The lowest BCUT2D eigenvalue weighted by Gasteiger charge is -1.99. The lowest BCUT2D eigenvalue weighted by Crippen LogP contribution is -2.00. The van der Waals surface area contributed by atoms with Gasteiger partial charge in [-0.2, -0.15) is 14.8 Å². The molecule has 0 amide bonds. The molecule has 3 heterocycles. The van der Waals surface area contributed by atoms with E-state index in [2.05, 4.69) is 20.1 Å². The number of thiazole rings is 1. The lowest BCUT2D eigenvalue weighted by atomic mass is 10.6. The fourth-order valence-corrected chi connectivity index (χ4v) is 2.03. The summed E-state index contributed by atoms with van der Waals surface area (Å²) < 4.78 is 2.66. The Morgan fingerprint density at radius 3 is 3.13 bits per heavy atom. The second-order valence-corrected chi connectivity index (χ2v) is 4.00. The van der Waals surface area contributed by atoms with E-state index in [1.807, 2.05) is 0 Å². The summed E-state index contributed by atoms with van der Waals surface area (Å²) in [4.78, 5) is 12.1. The molecule has 0 spiro atoms. The Labute approximate surface area is 93.4 Å². The second kappa shape index (κ2) is 3.25. The maximum Gasteiger partial charge on any atom is 0.224 e. The van der Waals surface area contributed by atoms with Crippen LogP contribution in [0, 0.1) is 0 Å². The maximum absolute atomic E-state index is 5.71. The Balaban J connectivity index is 2.26. The Morgan fingerprint density at radius 2 is 2.27 bits per heavy atom. The number of hydrogen-bond donors (Lipinski definition) is 0. The van der Waals surface area contributed by atoms with Gasteiger partial charge in [-0.1, -0.05) is 0 Å². The van der Waals surface area contributed by atoms with Crippen molar-refractivity contribution in [2.75, 3.05) is 0 Å². The van der Waals surface area contributed by atoms with Crippen molar-refractivity contribution in [3.63, 3.8) is 0 Å². The van der Waals surface area contributed by atoms with E-state index in [4.69, 9.17) is 11.6 Å². The maximum atomic E-state index is 5.71. The molecule has 0 aliphatic carbocycles. The number of hydrogen-bond acceptors (Lipinski definition) is 5. The van der Waals surface area contributed by atoms with E-state index in [0.717, 1.165) is 10.3 Å². The fraction of sp³-hybridized carbons (Fsp3) is 0. The van der Waals surface area contributed by atoms with Gasteiger partial charge in [0, 0.05) is 12.3 Å². The fourth-order valence-electron chi connectivity index (χ4n) is 1.27. The van der Waals surface area contributed by atoms with Crippen molar-refractivity contribution in [1.82, 2.24) is 24.7 Å². The Bertz CT molecular complexity index is 616. The van der Waals surface area contributed by atoms with Gasteiger partial charge in [-0.05, 0) is 11.6 Å². The van der Waals surface area contributed by atoms with Gasteiger partial charge in [0.1, 0.15) is 0 Å². The van der Waals surface area contributed by atoms with E-state index in [-0.39, 0.29) is 5.28 Å². The van der Waals surface area contributed by atoms with Crippen LogP contribution in [0.1, 0.15) is 0 Å². The molecule has 0 radical (unpaired) electrons. The average Bonchev–Trinajstić information content (AvgIpc) is 2.77. The van der Waals surface area contributed by atoms with Crippen LogP contribution in [-0.2, 0) is 0 Å². The van der Waals surface area contributed by atoms with Gasteiger partial charge in [0.2, 0.25) is 5.28 Å². The monoisotopic (exact) mass is 237 g/mol. The summed E-state index contributed by atoms with van der Waals surface area (Å²) in [5, 5.41) is 4.38. The standard InChI is InChI=1S/C8H4ClN5S/c9-8-10-2-1-6(13-8)14-7-5(3-12-14)15-4-11-7/h1-4H. The van der Waals surface area contributed by atoms with Crippen molar-refractivity contribution >= 4 is 33.3 Å². The van der Waals surface area contributed by atoms with Gasteiger partial charge in [0.25, 0.3) is 0 Å². The first-order chi connectivity index (χ1) is 7.34. The molecule has 15 heavy (non-hydrogen) atoms. The van der Waals surface area contributed by atoms with Gasteiger partial charge < -0.3 is 0 Å². The molecule has 0 atom stereocenters. The molecule has 3 rings (SSSR count). The van der Waals surface area contributed by atoms with E-state index in [9.17, 15) is 0 Å². The van der Waals surface area contributed by atoms with Crippen LogP contribution in [0.3, 0.4) is 0 Å². The molecule has 0 fully saturated rings. The van der Waals surface area contributed by atoms with Crippen molar-refractivity contribution in [3.8, 4) is 5.82 Å². The minimum absolute atomic E-state index is 0.200. The predicted molar refractivity (Wildman–Crippen MR) is 57.3 cm³/mol. The summed E-state index contributed by atoms with van der Waals surface area (Å²) in [6.07, 6.45) is 3.34. The first-order valence-corrected chi connectivity index (χ1v) is 5.36. The Kier molecular flexibility index (Phi) is 1.90. The minimum Gasteiger partial charge on any atom is -0.226 e. The molecule has 3 aromatic heterocycles. The van der Waals surface area contributed by atoms with Crippen LogP contribution in [0.4, 0.5) is 0 Å². The molecule has 3 aromatic rings. The Hall–Kier alpha value is -1.53. The normalized spacial score (nSPS) is 11.0. The SMILES string of the molecule is Clc1nccc(-n2ncc3scnc32)n1. The zero-order chi connectivity index (χ0) is 10.3. The smallest absolute Gasteiger partial charge is 0.224 e. The van der Waals surface area contributed by atoms with Crippen LogP contribution in [0.15, 0.2) is 24.0 Å². The van der Waals surface area contributed by atoms with Crippen LogP contribution in [0.2, 0.25) is 5.28 Å². The zero-order valence-electron chi connectivity index (χ0n) is 7.33. The van der Waals surface area contributed by atoms with Gasteiger partial charge in [-0.25, -0.2) is 9.97 Å². The number of nitrogens with zero attached hydrogens (tertiary/aromatic N) is 5. The molecule has 0 N–H and O–H groups in total. The van der Waals surface area contributed by atoms with E-state index < -0.39 is 0 Å². The summed E-state index contributed by atoms with van der Waals surface area (Å²) in [5.41, 5.74) is 2.56. The molecule has 0 saturated carbocycles. The molecule has 74 valence electrons. The van der Waals surface area contributed by atoms with Crippen molar-refractivity contribution in [2.45, 2.75) is 0 Å². The van der Waals surface area contributed by atoms with E-state index in [0.29, 0.717) is 5.82 Å². The van der Waals surface area contributed by atoms with Gasteiger partial charge in [0.15, 0.2) is 11.5 Å². The molecular formula is C8H4ClN5S. The van der Waals surface area contributed by atoms with E-state index in [1.54, 1.807) is 28.7 Å². The third-order valence-corrected chi connectivity index (χ3v) is 2.83.